The van der Waals surface area contributed by atoms with E-state index >= 15 is 0 Å². The Hall–Kier alpha value is -3.23. The second kappa shape index (κ2) is 8.02. The molecule has 152 valence electrons. The minimum absolute atomic E-state index is 0.0147. The van der Waals surface area contributed by atoms with E-state index in [0.717, 1.165) is 24.1 Å². The summed E-state index contributed by atoms with van der Waals surface area (Å²) in [5.74, 6) is -0.233. The molecule has 0 aliphatic carbocycles. The number of nitrogens with one attached hydrogen (secondary N) is 1. The summed E-state index contributed by atoms with van der Waals surface area (Å²) in [6.07, 6.45) is 7.46. The molecule has 0 radical (unpaired) electrons. The van der Waals surface area contributed by atoms with Crippen molar-refractivity contribution in [1.82, 2.24) is 25.0 Å². The molecule has 2 aromatic rings. The Morgan fingerprint density at radius 1 is 1.34 bits per heavy atom. The van der Waals surface area contributed by atoms with Gasteiger partial charge in [-0.3, -0.25) is 19.3 Å². The molecular weight excluding hydrogens is 372 g/mol. The molecule has 2 aliphatic rings. The summed E-state index contributed by atoms with van der Waals surface area (Å²) in [5, 5.41) is 11.2. The molecule has 2 amide bonds. The van der Waals surface area contributed by atoms with Crippen molar-refractivity contribution in [3.05, 3.63) is 48.0 Å². The average Bonchev–Trinajstić information content (AvgIpc) is 3.33. The molecule has 4 rings (SSSR count). The highest BCUT2D eigenvalue weighted by Gasteiger charge is 2.45. The number of nitrogens with zero attached hydrogens (tertiary/aromatic N) is 5. The van der Waals surface area contributed by atoms with E-state index in [-0.39, 0.29) is 18.2 Å². The number of hydrogen-bond donors (Lipinski definition) is 1. The molecule has 1 N–H and O–H groups in total. The zero-order valence-corrected chi connectivity index (χ0v) is 16.4. The number of oxime groups is 1. The highest BCUT2D eigenvalue weighted by atomic mass is 16.7. The van der Waals surface area contributed by atoms with Crippen LogP contribution in [-0.4, -0.2) is 55.9 Å². The quantitative estimate of drug-likeness (QED) is 0.806. The van der Waals surface area contributed by atoms with Gasteiger partial charge in [-0.25, -0.2) is 0 Å². The maximum Gasteiger partial charge on any atom is 0.269 e. The lowest BCUT2D eigenvalue weighted by Gasteiger charge is -2.38. The number of hydrogen-bond acceptors (Lipinski definition) is 6. The third-order valence-electron chi connectivity index (χ3n) is 5.27. The SMILES string of the molecule is Cn1ccc(CC(=O)N2CCC[C@]3(CC(C(=O)NCc4cccnc4)=NO3)C2)n1. The highest BCUT2D eigenvalue weighted by Crippen LogP contribution is 2.33. The van der Waals surface area contributed by atoms with E-state index in [4.69, 9.17) is 4.84 Å². The maximum atomic E-state index is 12.7. The van der Waals surface area contributed by atoms with E-state index in [2.05, 4.69) is 20.6 Å². The molecule has 0 bridgehead atoms. The molecule has 9 heteroatoms. The van der Waals surface area contributed by atoms with Crippen molar-refractivity contribution in [3.8, 4) is 0 Å². The van der Waals surface area contributed by atoms with Crippen LogP contribution in [0.25, 0.3) is 0 Å². The first kappa shape index (κ1) is 19.1. The molecule has 1 atom stereocenters. The third kappa shape index (κ3) is 4.44. The number of pyridine rings is 1. The predicted octanol–water partition coefficient (Wildman–Crippen LogP) is 0.812. The van der Waals surface area contributed by atoms with E-state index in [1.165, 1.54) is 0 Å². The molecular formula is C20H24N6O3. The summed E-state index contributed by atoms with van der Waals surface area (Å²) >= 11 is 0. The van der Waals surface area contributed by atoms with Crippen LogP contribution in [0.4, 0.5) is 0 Å². The normalized spacial score (nSPS) is 21.0. The minimum atomic E-state index is -0.612. The Morgan fingerprint density at radius 3 is 3.00 bits per heavy atom. The van der Waals surface area contributed by atoms with Crippen LogP contribution >= 0.6 is 0 Å². The molecule has 0 unspecified atom stereocenters. The summed E-state index contributed by atoms with van der Waals surface area (Å²) in [6, 6.07) is 5.57. The number of piperidine rings is 1. The molecule has 1 saturated heterocycles. The van der Waals surface area contributed by atoms with E-state index in [0.29, 0.717) is 31.8 Å². The predicted molar refractivity (Wildman–Crippen MR) is 105 cm³/mol. The number of rotatable bonds is 5. The molecule has 0 aromatic carbocycles. The summed E-state index contributed by atoms with van der Waals surface area (Å²) in [5.41, 5.74) is 1.42. The van der Waals surface area contributed by atoms with Gasteiger partial charge in [0.15, 0.2) is 5.60 Å². The first-order valence-corrected chi connectivity index (χ1v) is 9.71. The largest absolute Gasteiger partial charge is 0.386 e. The Kier molecular flexibility index (Phi) is 5.28. The number of carbonyl (C=O) groups excluding carboxylic acids is 2. The van der Waals surface area contributed by atoms with Gasteiger partial charge in [0.2, 0.25) is 5.91 Å². The molecule has 2 aliphatic heterocycles. The average molecular weight is 396 g/mol. The lowest BCUT2D eigenvalue weighted by atomic mass is 9.88. The van der Waals surface area contributed by atoms with Crippen molar-refractivity contribution in [1.29, 1.82) is 0 Å². The fourth-order valence-corrected chi connectivity index (χ4v) is 3.78. The van der Waals surface area contributed by atoms with Crippen LogP contribution in [0.3, 0.4) is 0 Å². The van der Waals surface area contributed by atoms with Crippen LogP contribution < -0.4 is 5.32 Å². The fourth-order valence-electron chi connectivity index (χ4n) is 3.78. The van der Waals surface area contributed by atoms with Gasteiger partial charge in [-0.15, -0.1) is 0 Å². The van der Waals surface area contributed by atoms with Crippen molar-refractivity contribution < 1.29 is 14.4 Å². The van der Waals surface area contributed by atoms with Crippen LogP contribution in [-0.2, 0) is 34.4 Å². The second-order valence-corrected chi connectivity index (χ2v) is 7.61. The van der Waals surface area contributed by atoms with Gasteiger partial charge in [0.25, 0.3) is 5.91 Å². The zero-order valence-electron chi connectivity index (χ0n) is 16.4. The van der Waals surface area contributed by atoms with E-state index in [9.17, 15) is 9.59 Å². The zero-order chi connectivity index (χ0) is 20.3. The van der Waals surface area contributed by atoms with Gasteiger partial charge in [-0.05, 0) is 30.5 Å². The van der Waals surface area contributed by atoms with E-state index < -0.39 is 5.60 Å². The fraction of sp³-hybridized carbons (Fsp3) is 0.450. The lowest BCUT2D eigenvalue weighted by molar-refractivity contribution is -0.140. The monoisotopic (exact) mass is 396 g/mol. The van der Waals surface area contributed by atoms with Crippen LogP contribution in [0.15, 0.2) is 41.9 Å². The first-order valence-electron chi connectivity index (χ1n) is 9.71. The van der Waals surface area contributed by atoms with Gasteiger partial charge in [0.05, 0.1) is 18.7 Å². The highest BCUT2D eigenvalue weighted by molar-refractivity contribution is 6.39. The molecule has 4 heterocycles. The van der Waals surface area contributed by atoms with Crippen LogP contribution in [0.5, 0.6) is 0 Å². The van der Waals surface area contributed by atoms with Gasteiger partial charge in [-0.1, -0.05) is 11.2 Å². The van der Waals surface area contributed by atoms with Gasteiger partial charge in [0, 0.05) is 45.1 Å². The second-order valence-electron chi connectivity index (χ2n) is 7.61. The maximum absolute atomic E-state index is 12.7. The van der Waals surface area contributed by atoms with Gasteiger partial charge in [-0.2, -0.15) is 5.10 Å². The van der Waals surface area contributed by atoms with Gasteiger partial charge < -0.3 is 15.1 Å². The molecule has 2 aromatic heterocycles. The minimum Gasteiger partial charge on any atom is -0.386 e. The summed E-state index contributed by atoms with van der Waals surface area (Å²) in [4.78, 5) is 36.7. The van der Waals surface area contributed by atoms with Crippen molar-refractivity contribution in [3.63, 3.8) is 0 Å². The smallest absolute Gasteiger partial charge is 0.269 e. The van der Waals surface area contributed by atoms with Crippen molar-refractivity contribution in [2.75, 3.05) is 13.1 Å². The Morgan fingerprint density at radius 2 is 2.24 bits per heavy atom. The van der Waals surface area contributed by atoms with E-state index in [1.807, 2.05) is 31.4 Å². The Labute approximate surface area is 168 Å². The molecule has 0 saturated carbocycles. The third-order valence-corrected chi connectivity index (χ3v) is 5.27. The number of likely N-dealkylation sites (tertiary alicyclic amines) is 1. The standard InChI is InChI=1S/C20H24N6O3/c1-25-9-5-16(23-25)10-18(27)26-8-3-6-20(14-26)11-17(24-29-20)19(28)22-13-15-4-2-7-21-12-15/h2,4-5,7,9,12H,3,6,8,10-11,13-14H2,1H3,(H,22,28)/t20-/m0/s1. The van der Waals surface area contributed by atoms with Crippen molar-refractivity contribution in [2.45, 2.75) is 37.8 Å². The van der Waals surface area contributed by atoms with Crippen molar-refractivity contribution >= 4 is 17.5 Å². The van der Waals surface area contributed by atoms with Crippen LogP contribution in [0.2, 0.25) is 0 Å². The number of aryl methyl sites for hydroxylation is 1. The molecule has 9 nitrogen and oxygen atoms in total. The molecule has 1 fully saturated rings. The topological polar surface area (TPSA) is 102 Å². The van der Waals surface area contributed by atoms with Crippen LogP contribution in [0.1, 0.15) is 30.5 Å². The van der Waals surface area contributed by atoms with Crippen molar-refractivity contribution in [2.24, 2.45) is 12.2 Å². The number of amides is 2. The molecule has 1 spiro atoms. The molecule has 29 heavy (non-hydrogen) atoms. The van der Waals surface area contributed by atoms with E-state index in [1.54, 1.807) is 22.0 Å². The first-order chi connectivity index (χ1) is 14.0. The summed E-state index contributed by atoms with van der Waals surface area (Å²) in [6.45, 7) is 1.49. The van der Waals surface area contributed by atoms with Crippen LogP contribution in [0, 0.1) is 0 Å². The van der Waals surface area contributed by atoms with Gasteiger partial charge in [0.1, 0.15) is 5.71 Å². The van der Waals surface area contributed by atoms with Gasteiger partial charge >= 0.3 is 0 Å². The lowest BCUT2D eigenvalue weighted by Crippen LogP contribution is -2.51. The number of carbonyl (C=O) groups is 2. The number of aromatic nitrogens is 3. The summed E-state index contributed by atoms with van der Waals surface area (Å²) < 4.78 is 1.69. The Bertz CT molecular complexity index is 925. The Balaban J connectivity index is 1.32. The summed E-state index contributed by atoms with van der Waals surface area (Å²) in [7, 11) is 1.83.